The van der Waals surface area contributed by atoms with Gasteiger partial charge in [0.15, 0.2) is 0 Å². The zero-order valence-corrected chi connectivity index (χ0v) is 14.9. The molecule has 0 saturated carbocycles. The van der Waals surface area contributed by atoms with Gasteiger partial charge in [0.1, 0.15) is 5.15 Å². The Labute approximate surface area is 143 Å². The molecule has 0 amide bonds. The van der Waals surface area contributed by atoms with E-state index in [1.54, 1.807) is 0 Å². The van der Waals surface area contributed by atoms with Gasteiger partial charge in [-0.25, -0.2) is 4.98 Å². The second-order valence-electron chi connectivity index (χ2n) is 6.19. The number of halogens is 1. The zero-order valence-electron chi connectivity index (χ0n) is 14.1. The first kappa shape index (κ1) is 16.2. The fourth-order valence-corrected chi connectivity index (χ4v) is 3.49. The molecule has 0 aliphatic heterocycles. The molecule has 1 aromatic carbocycles. The maximum atomic E-state index is 6.12. The number of benzene rings is 1. The number of fused-ring (bicyclic) bond motifs is 1. The Morgan fingerprint density at radius 3 is 2.43 bits per heavy atom. The molecule has 0 saturated heterocycles. The number of hydrogen-bond acceptors (Lipinski definition) is 2. The number of aryl methyl sites for hydroxylation is 4. The van der Waals surface area contributed by atoms with Gasteiger partial charge in [-0.05, 0) is 61.8 Å². The maximum absolute atomic E-state index is 6.12. The van der Waals surface area contributed by atoms with Crippen molar-refractivity contribution in [2.45, 2.75) is 52.9 Å². The van der Waals surface area contributed by atoms with Gasteiger partial charge in [0.25, 0.3) is 0 Å². The molecule has 1 aliphatic carbocycles. The highest BCUT2D eigenvalue weighted by molar-refractivity contribution is 6.29. The molecule has 3 heteroatoms. The van der Waals surface area contributed by atoms with Gasteiger partial charge in [-0.15, -0.1) is 0 Å². The highest BCUT2D eigenvalue weighted by Crippen LogP contribution is 2.31. The summed E-state index contributed by atoms with van der Waals surface area (Å²) in [5.74, 6) is 0. The Balaban J connectivity index is 2.15. The lowest BCUT2D eigenvalue weighted by atomic mass is 9.93. The molecule has 0 radical (unpaired) electrons. The Bertz CT molecular complexity index is 737. The summed E-state index contributed by atoms with van der Waals surface area (Å²) in [6, 6.07) is 8.49. The summed E-state index contributed by atoms with van der Waals surface area (Å²) in [4.78, 5) is 9.63. The molecule has 0 N–H and O–H groups in total. The highest BCUT2D eigenvalue weighted by Gasteiger charge is 2.18. The lowest BCUT2D eigenvalue weighted by Gasteiger charge is -2.19. The summed E-state index contributed by atoms with van der Waals surface area (Å²) in [5.41, 5.74) is 8.45. The average molecular weight is 327 g/mol. The van der Waals surface area contributed by atoms with E-state index in [0.29, 0.717) is 5.15 Å². The minimum absolute atomic E-state index is 0.550. The molecule has 1 heterocycles. The van der Waals surface area contributed by atoms with Crippen LogP contribution in [-0.2, 0) is 19.3 Å². The van der Waals surface area contributed by atoms with Crippen LogP contribution in [0.4, 0.5) is 5.69 Å². The first-order valence-electron chi connectivity index (χ1n) is 8.48. The first-order chi connectivity index (χ1) is 11.1. The van der Waals surface area contributed by atoms with Crippen LogP contribution in [0.2, 0.25) is 5.15 Å². The van der Waals surface area contributed by atoms with Crippen molar-refractivity contribution in [1.82, 2.24) is 4.98 Å². The van der Waals surface area contributed by atoms with E-state index in [1.807, 2.05) is 6.07 Å². The first-order valence-corrected chi connectivity index (χ1v) is 8.86. The summed E-state index contributed by atoms with van der Waals surface area (Å²) >= 11 is 6.12. The molecular formula is C20H23ClN2. The van der Waals surface area contributed by atoms with E-state index in [9.17, 15) is 0 Å². The molecule has 1 aromatic heterocycles. The van der Waals surface area contributed by atoms with Gasteiger partial charge in [0.2, 0.25) is 0 Å². The smallest absolute Gasteiger partial charge is 0.129 e. The fraction of sp³-hybridized carbons (Fsp3) is 0.400. The Morgan fingerprint density at radius 2 is 1.78 bits per heavy atom. The number of pyridine rings is 1. The van der Waals surface area contributed by atoms with Gasteiger partial charge in [-0.2, -0.15) is 0 Å². The van der Waals surface area contributed by atoms with E-state index in [1.165, 1.54) is 22.3 Å². The van der Waals surface area contributed by atoms with Crippen molar-refractivity contribution in [3.8, 4) is 0 Å². The van der Waals surface area contributed by atoms with Gasteiger partial charge in [-0.1, -0.05) is 49.2 Å². The van der Waals surface area contributed by atoms with Crippen LogP contribution in [0.25, 0.3) is 0 Å². The molecule has 0 unspecified atom stereocenters. The Kier molecular flexibility index (Phi) is 4.82. The quantitative estimate of drug-likeness (QED) is 0.671. The molecule has 23 heavy (non-hydrogen) atoms. The molecule has 1 aliphatic rings. The normalized spacial score (nSPS) is 15.7. The van der Waals surface area contributed by atoms with Crippen LogP contribution in [0.3, 0.4) is 0 Å². The van der Waals surface area contributed by atoms with Gasteiger partial charge >= 0.3 is 0 Å². The van der Waals surface area contributed by atoms with E-state index in [-0.39, 0.29) is 0 Å². The minimum atomic E-state index is 0.550. The second kappa shape index (κ2) is 6.84. The van der Waals surface area contributed by atoms with Crippen LogP contribution in [0, 0.1) is 6.92 Å². The molecule has 0 bridgehead atoms. The zero-order chi connectivity index (χ0) is 16.4. The SMILES string of the molecule is CCc1cc(C)cc(CC)c1N=C1CCCc2ccc(Cl)nc21. The molecule has 2 nitrogen and oxygen atoms in total. The van der Waals surface area contributed by atoms with E-state index in [2.05, 4.69) is 44.0 Å². The number of hydrogen-bond donors (Lipinski definition) is 0. The van der Waals surface area contributed by atoms with Crippen LogP contribution >= 0.6 is 11.6 Å². The maximum Gasteiger partial charge on any atom is 0.129 e. The largest absolute Gasteiger partial charge is 0.251 e. The highest BCUT2D eigenvalue weighted by atomic mass is 35.5. The lowest BCUT2D eigenvalue weighted by molar-refractivity contribution is 0.826. The summed E-state index contributed by atoms with van der Waals surface area (Å²) in [7, 11) is 0. The van der Waals surface area contributed by atoms with Crippen LogP contribution in [0.15, 0.2) is 29.3 Å². The fourth-order valence-electron chi connectivity index (χ4n) is 3.34. The molecule has 120 valence electrons. The van der Waals surface area contributed by atoms with Crippen molar-refractivity contribution in [3.63, 3.8) is 0 Å². The van der Waals surface area contributed by atoms with E-state index in [0.717, 1.165) is 49.2 Å². The third-order valence-electron chi connectivity index (χ3n) is 4.50. The van der Waals surface area contributed by atoms with E-state index >= 15 is 0 Å². The number of nitrogens with zero attached hydrogens (tertiary/aromatic N) is 2. The Morgan fingerprint density at radius 1 is 1.09 bits per heavy atom. The van der Waals surface area contributed by atoms with Gasteiger partial charge in [0, 0.05) is 0 Å². The summed E-state index contributed by atoms with van der Waals surface area (Å²) in [6.07, 6.45) is 5.16. The van der Waals surface area contributed by atoms with Crippen molar-refractivity contribution in [3.05, 3.63) is 57.4 Å². The third kappa shape index (κ3) is 3.32. The average Bonchev–Trinajstić information content (AvgIpc) is 2.56. The molecule has 0 atom stereocenters. The summed E-state index contributed by atoms with van der Waals surface area (Å²) in [6.45, 7) is 6.55. The number of aromatic nitrogens is 1. The van der Waals surface area contributed by atoms with Gasteiger partial charge in [-0.3, -0.25) is 4.99 Å². The standard InChI is InChI=1S/C20H23ClN2/c1-4-14-11-13(3)12-15(5-2)19(14)22-17-8-6-7-16-9-10-18(21)23-20(16)17/h9-12H,4-8H2,1-3H3. The van der Waals surface area contributed by atoms with Crippen molar-refractivity contribution >= 4 is 23.0 Å². The molecular weight excluding hydrogens is 304 g/mol. The van der Waals surface area contributed by atoms with Crippen molar-refractivity contribution < 1.29 is 0 Å². The van der Waals surface area contributed by atoms with Gasteiger partial charge in [0.05, 0.1) is 17.1 Å². The molecule has 0 spiro atoms. The topological polar surface area (TPSA) is 25.2 Å². The molecule has 0 fully saturated rings. The molecule has 3 rings (SSSR count). The van der Waals surface area contributed by atoms with E-state index < -0.39 is 0 Å². The predicted molar refractivity (Wildman–Crippen MR) is 98.3 cm³/mol. The number of aliphatic imine (C=N–C) groups is 1. The summed E-state index contributed by atoms with van der Waals surface area (Å²) in [5, 5.41) is 0.550. The summed E-state index contributed by atoms with van der Waals surface area (Å²) < 4.78 is 0. The van der Waals surface area contributed by atoms with E-state index in [4.69, 9.17) is 16.6 Å². The second-order valence-corrected chi connectivity index (χ2v) is 6.58. The molecule has 2 aromatic rings. The minimum Gasteiger partial charge on any atom is -0.251 e. The van der Waals surface area contributed by atoms with Crippen LogP contribution in [0.5, 0.6) is 0 Å². The Hall–Kier alpha value is -1.67. The third-order valence-corrected chi connectivity index (χ3v) is 4.71. The van der Waals surface area contributed by atoms with Crippen molar-refractivity contribution in [1.29, 1.82) is 0 Å². The van der Waals surface area contributed by atoms with Crippen LogP contribution in [0.1, 0.15) is 54.6 Å². The lowest BCUT2D eigenvalue weighted by Crippen LogP contribution is -2.14. The van der Waals surface area contributed by atoms with Crippen molar-refractivity contribution in [2.24, 2.45) is 4.99 Å². The van der Waals surface area contributed by atoms with Gasteiger partial charge < -0.3 is 0 Å². The monoisotopic (exact) mass is 326 g/mol. The van der Waals surface area contributed by atoms with Crippen LogP contribution in [-0.4, -0.2) is 10.7 Å². The predicted octanol–water partition coefficient (Wildman–Crippen LogP) is 5.63. The number of rotatable bonds is 3. The van der Waals surface area contributed by atoms with Crippen molar-refractivity contribution in [2.75, 3.05) is 0 Å². The van der Waals surface area contributed by atoms with Crippen LogP contribution < -0.4 is 0 Å².